The summed E-state index contributed by atoms with van der Waals surface area (Å²) in [5.41, 5.74) is 8.31. The van der Waals surface area contributed by atoms with Crippen LogP contribution in [0.25, 0.3) is 16.8 Å². The van der Waals surface area contributed by atoms with Crippen LogP contribution in [0.15, 0.2) is 42.5 Å². The molecule has 0 radical (unpaired) electrons. The summed E-state index contributed by atoms with van der Waals surface area (Å²) in [5.74, 6) is 0.436. The molecule has 0 spiro atoms. The van der Waals surface area contributed by atoms with Crippen LogP contribution in [-0.4, -0.2) is 27.6 Å². The number of aryl methyl sites for hydroxylation is 4. The van der Waals surface area contributed by atoms with E-state index in [0.29, 0.717) is 29.3 Å². The Bertz CT molecular complexity index is 1350. The maximum absolute atomic E-state index is 12.7. The van der Waals surface area contributed by atoms with Crippen LogP contribution in [-0.2, 0) is 11.2 Å². The van der Waals surface area contributed by atoms with Gasteiger partial charge in [-0.1, -0.05) is 41.9 Å². The summed E-state index contributed by atoms with van der Waals surface area (Å²) in [4.78, 5) is 17.6. The first-order valence-electron chi connectivity index (χ1n) is 10.8. The van der Waals surface area contributed by atoms with Crippen LogP contribution < -0.4 is 10.1 Å². The van der Waals surface area contributed by atoms with E-state index in [1.807, 2.05) is 56.5 Å². The number of methoxy groups -OCH3 is 1. The second kappa shape index (κ2) is 9.24. The zero-order chi connectivity index (χ0) is 23.7. The fourth-order valence-electron chi connectivity index (χ4n) is 4.15. The van der Waals surface area contributed by atoms with Gasteiger partial charge in [0, 0.05) is 34.5 Å². The molecule has 0 aliphatic carbocycles. The molecule has 1 amide bonds. The van der Waals surface area contributed by atoms with Gasteiger partial charge < -0.3 is 10.1 Å². The van der Waals surface area contributed by atoms with Crippen molar-refractivity contribution in [3.63, 3.8) is 0 Å². The Labute approximate surface area is 198 Å². The molecule has 0 atom stereocenters. The van der Waals surface area contributed by atoms with Gasteiger partial charge in [0.1, 0.15) is 5.75 Å². The van der Waals surface area contributed by atoms with Crippen molar-refractivity contribution in [1.29, 1.82) is 0 Å². The van der Waals surface area contributed by atoms with E-state index in [1.54, 1.807) is 13.2 Å². The Hall–Kier alpha value is -3.38. The third kappa shape index (κ3) is 4.44. The van der Waals surface area contributed by atoms with Crippen molar-refractivity contribution in [3.05, 3.63) is 75.7 Å². The van der Waals surface area contributed by atoms with E-state index in [2.05, 4.69) is 17.4 Å². The predicted molar refractivity (Wildman–Crippen MR) is 132 cm³/mol. The lowest BCUT2D eigenvalue weighted by atomic mass is 10.0. The van der Waals surface area contributed by atoms with Gasteiger partial charge in [0.15, 0.2) is 5.65 Å². The zero-order valence-corrected chi connectivity index (χ0v) is 20.2. The number of rotatable bonds is 6. The topological polar surface area (TPSA) is 68.5 Å². The van der Waals surface area contributed by atoms with E-state index >= 15 is 0 Å². The van der Waals surface area contributed by atoms with Crippen LogP contribution in [0.4, 0.5) is 5.69 Å². The van der Waals surface area contributed by atoms with Crippen molar-refractivity contribution in [2.45, 2.75) is 40.5 Å². The molecule has 2 aromatic heterocycles. The molecule has 0 saturated heterocycles. The molecule has 1 N–H and O–H groups in total. The zero-order valence-electron chi connectivity index (χ0n) is 19.5. The Kier molecular flexibility index (Phi) is 6.38. The fraction of sp³-hybridized carbons (Fsp3) is 0.269. The van der Waals surface area contributed by atoms with Gasteiger partial charge in [-0.05, 0) is 56.9 Å². The van der Waals surface area contributed by atoms with Crippen LogP contribution in [0.1, 0.15) is 34.6 Å². The number of anilines is 1. The first-order valence-corrected chi connectivity index (χ1v) is 11.2. The summed E-state index contributed by atoms with van der Waals surface area (Å²) in [7, 11) is 1.56. The average molecular weight is 463 g/mol. The van der Waals surface area contributed by atoms with Crippen LogP contribution in [0.2, 0.25) is 5.02 Å². The van der Waals surface area contributed by atoms with E-state index < -0.39 is 0 Å². The van der Waals surface area contributed by atoms with Gasteiger partial charge in [-0.15, -0.1) is 0 Å². The average Bonchev–Trinajstić information content (AvgIpc) is 3.12. The number of hydrogen-bond acceptors (Lipinski definition) is 4. The molecule has 0 bridgehead atoms. The minimum Gasteiger partial charge on any atom is -0.495 e. The van der Waals surface area contributed by atoms with Crippen molar-refractivity contribution in [2.24, 2.45) is 0 Å². The van der Waals surface area contributed by atoms with Gasteiger partial charge in [-0.2, -0.15) is 5.10 Å². The number of carbonyl (C=O) groups excluding carboxylic acids is 1. The number of amides is 1. The molecule has 0 saturated carbocycles. The minimum absolute atomic E-state index is 0.101. The van der Waals surface area contributed by atoms with Crippen molar-refractivity contribution in [3.8, 4) is 16.9 Å². The van der Waals surface area contributed by atoms with Gasteiger partial charge in [-0.3, -0.25) is 4.79 Å². The van der Waals surface area contributed by atoms with E-state index in [0.717, 1.165) is 45.0 Å². The summed E-state index contributed by atoms with van der Waals surface area (Å²) >= 11 is 6.17. The van der Waals surface area contributed by atoms with Crippen LogP contribution in [0.3, 0.4) is 0 Å². The Morgan fingerprint density at radius 3 is 2.52 bits per heavy atom. The van der Waals surface area contributed by atoms with Crippen molar-refractivity contribution in [2.75, 3.05) is 12.4 Å². The summed E-state index contributed by atoms with van der Waals surface area (Å²) in [6.07, 6.45) is 0.867. The monoisotopic (exact) mass is 462 g/mol. The van der Waals surface area contributed by atoms with E-state index in [4.69, 9.17) is 26.4 Å². The highest BCUT2D eigenvalue weighted by atomic mass is 35.5. The molecular formula is C26H27ClN4O2. The van der Waals surface area contributed by atoms with Gasteiger partial charge in [0.2, 0.25) is 5.91 Å². The number of ether oxygens (including phenoxy) is 1. The smallest absolute Gasteiger partial charge is 0.224 e. The molecular weight excluding hydrogens is 436 g/mol. The number of carbonyl (C=O) groups is 1. The molecule has 0 aliphatic rings. The Balaban J connectivity index is 1.59. The normalized spacial score (nSPS) is 11.1. The molecule has 0 unspecified atom stereocenters. The molecule has 7 heteroatoms. The second-order valence-electron chi connectivity index (χ2n) is 8.17. The highest BCUT2D eigenvalue weighted by Gasteiger charge is 2.19. The summed E-state index contributed by atoms with van der Waals surface area (Å²) in [6.45, 7) is 7.91. The molecule has 2 aromatic carbocycles. The van der Waals surface area contributed by atoms with Crippen molar-refractivity contribution >= 4 is 28.8 Å². The Morgan fingerprint density at radius 2 is 1.82 bits per heavy atom. The molecule has 6 nitrogen and oxygen atoms in total. The number of aromatic nitrogens is 3. The Morgan fingerprint density at radius 1 is 1.09 bits per heavy atom. The van der Waals surface area contributed by atoms with Gasteiger partial charge in [0.05, 0.1) is 18.5 Å². The second-order valence-corrected chi connectivity index (χ2v) is 8.58. The van der Waals surface area contributed by atoms with E-state index in [-0.39, 0.29) is 5.91 Å². The number of hydrogen-bond donors (Lipinski definition) is 1. The first-order chi connectivity index (χ1) is 15.8. The SMILES string of the molecule is COc1cc(Cl)c(C)cc1NC(=O)CCc1c(C)nc2c(-c3ccccc3)c(C)nn2c1C. The number of nitrogens with zero attached hydrogens (tertiary/aromatic N) is 3. The fourth-order valence-corrected chi connectivity index (χ4v) is 4.31. The summed E-state index contributed by atoms with van der Waals surface area (Å²) in [5, 5.41) is 8.29. The van der Waals surface area contributed by atoms with Crippen LogP contribution in [0, 0.1) is 27.7 Å². The molecule has 170 valence electrons. The molecule has 0 fully saturated rings. The van der Waals surface area contributed by atoms with Gasteiger partial charge >= 0.3 is 0 Å². The quantitative estimate of drug-likeness (QED) is 0.389. The highest BCUT2D eigenvalue weighted by Crippen LogP contribution is 2.32. The summed E-state index contributed by atoms with van der Waals surface area (Å²) < 4.78 is 7.25. The maximum atomic E-state index is 12.7. The van der Waals surface area contributed by atoms with Crippen LogP contribution in [0.5, 0.6) is 5.75 Å². The van der Waals surface area contributed by atoms with Crippen molar-refractivity contribution < 1.29 is 9.53 Å². The third-order valence-corrected chi connectivity index (χ3v) is 6.33. The lowest BCUT2D eigenvalue weighted by Gasteiger charge is -2.14. The molecule has 4 rings (SSSR count). The first kappa shape index (κ1) is 22.8. The third-order valence-electron chi connectivity index (χ3n) is 5.92. The number of nitrogens with one attached hydrogen (secondary N) is 1. The predicted octanol–water partition coefficient (Wildman–Crippen LogP) is 5.86. The highest BCUT2D eigenvalue weighted by molar-refractivity contribution is 6.31. The maximum Gasteiger partial charge on any atom is 0.224 e. The molecule has 33 heavy (non-hydrogen) atoms. The standard InChI is InChI=1S/C26H27ClN4O2/c1-15-13-22(23(33-5)14-21(15)27)29-24(32)12-11-20-16(2)28-26-25(19-9-7-6-8-10-19)17(3)30-31(26)18(20)4/h6-10,13-14H,11-12H2,1-5H3,(H,29,32). The number of halogens is 1. The van der Waals surface area contributed by atoms with Gasteiger partial charge in [0.25, 0.3) is 0 Å². The van der Waals surface area contributed by atoms with Crippen LogP contribution >= 0.6 is 11.6 Å². The van der Waals surface area contributed by atoms with E-state index in [1.165, 1.54) is 0 Å². The minimum atomic E-state index is -0.101. The van der Waals surface area contributed by atoms with Crippen molar-refractivity contribution in [1.82, 2.24) is 14.6 Å². The molecule has 2 heterocycles. The lowest BCUT2D eigenvalue weighted by Crippen LogP contribution is -2.15. The summed E-state index contributed by atoms with van der Waals surface area (Å²) in [6, 6.07) is 13.7. The lowest BCUT2D eigenvalue weighted by molar-refractivity contribution is -0.116. The van der Waals surface area contributed by atoms with E-state index in [9.17, 15) is 4.79 Å². The number of fused-ring (bicyclic) bond motifs is 1. The largest absolute Gasteiger partial charge is 0.495 e. The van der Waals surface area contributed by atoms with Gasteiger partial charge in [-0.25, -0.2) is 9.50 Å². The molecule has 4 aromatic rings. The molecule has 0 aliphatic heterocycles. The number of benzene rings is 2.